The Morgan fingerprint density at radius 2 is 2.17 bits per heavy atom. The first-order valence-corrected chi connectivity index (χ1v) is 6.16. The van der Waals surface area contributed by atoms with Gasteiger partial charge in [0.05, 0.1) is 12.3 Å². The van der Waals surface area contributed by atoms with E-state index in [0.717, 1.165) is 25.9 Å². The first kappa shape index (κ1) is 11.1. The molecule has 0 atom stereocenters. The molecule has 1 amide bonds. The predicted octanol–water partition coefficient (Wildman–Crippen LogP) is 1.95. The number of rotatable bonds is 2. The molecule has 5 nitrogen and oxygen atoms in total. The molecule has 3 rings (SSSR count). The zero-order chi connectivity index (χ0) is 12.4. The lowest BCUT2D eigenvalue weighted by atomic mass is 10.1. The number of furan rings is 1. The maximum Gasteiger partial charge on any atom is 0.289 e. The molecule has 18 heavy (non-hydrogen) atoms. The van der Waals surface area contributed by atoms with E-state index in [4.69, 9.17) is 4.42 Å². The fourth-order valence-electron chi connectivity index (χ4n) is 2.39. The number of hydrogen-bond acceptors (Lipinski definition) is 3. The zero-order valence-corrected chi connectivity index (χ0v) is 10.0. The third-order valence-corrected chi connectivity index (χ3v) is 3.38. The molecule has 0 bridgehead atoms. The Bertz CT molecular complexity index is 496. The van der Waals surface area contributed by atoms with Crippen molar-refractivity contribution in [2.45, 2.75) is 18.9 Å². The van der Waals surface area contributed by atoms with Gasteiger partial charge in [-0.1, -0.05) is 0 Å². The van der Waals surface area contributed by atoms with Gasteiger partial charge in [0.2, 0.25) is 0 Å². The van der Waals surface area contributed by atoms with Crippen molar-refractivity contribution in [3.05, 3.63) is 42.6 Å². The van der Waals surface area contributed by atoms with E-state index < -0.39 is 0 Å². The molecule has 94 valence electrons. The van der Waals surface area contributed by atoms with E-state index in [0.29, 0.717) is 11.8 Å². The minimum atomic E-state index is -0.0149. The molecule has 1 saturated heterocycles. The van der Waals surface area contributed by atoms with Gasteiger partial charge in [-0.05, 0) is 31.0 Å². The Balaban J connectivity index is 1.62. The van der Waals surface area contributed by atoms with Gasteiger partial charge in [-0.3, -0.25) is 9.48 Å². The second-order valence-electron chi connectivity index (χ2n) is 4.49. The molecule has 0 aliphatic carbocycles. The summed E-state index contributed by atoms with van der Waals surface area (Å²) >= 11 is 0. The number of piperidine rings is 1. The lowest BCUT2D eigenvalue weighted by Crippen LogP contribution is -2.39. The van der Waals surface area contributed by atoms with E-state index in [2.05, 4.69) is 5.10 Å². The van der Waals surface area contributed by atoms with E-state index >= 15 is 0 Å². The van der Waals surface area contributed by atoms with Gasteiger partial charge in [-0.25, -0.2) is 0 Å². The standard InChI is InChI=1S/C13H15N3O2/c17-13(12-3-1-10-18-12)15-8-4-11(5-9-15)16-7-2-6-14-16/h1-3,6-7,10-11H,4-5,8-9H2. The Kier molecular flexibility index (Phi) is 2.88. The van der Waals surface area contributed by atoms with Crippen LogP contribution in [0.5, 0.6) is 0 Å². The Hall–Kier alpha value is -2.04. The molecule has 0 spiro atoms. The number of amides is 1. The average molecular weight is 245 g/mol. The van der Waals surface area contributed by atoms with Crippen LogP contribution in [0.3, 0.4) is 0 Å². The zero-order valence-electron chi connectivity index (χ0n) is 10.0. The average Bonchev–Trinajstić information content (AvgIpc) is 3.11. The summed E-state index contributed by atoms with van der Waals surface area (Å²) in [7, 11) is 0. The van der Waals surface area contributed by atoms with Crippen molar-refractivity contribution < 1.29 is 9.21 Å². The van der Waals surface area contributed by atoms with Gasteiger partial charge in [0.1, 0.15) is 0 Å². The molecule has 0 unspecified atom stereocenters. The number of carbonyl (C=O) groups is 1. The first-order chi connectivity index (χ1) is 8.84. The highest BCUT2D eigenvalue weighted by Gasteiger charge is 2.25. The Morgan fingerprint density at radius 1 is 1.33 bits per heavy atom. The second-order valence-corrected chi connectivity index (χ2v) is 4.49. The van der Waals surface area contributed by atoms with Crippen LogP contribution in [-0.4, -0.2) is 33.7 Å². The summed E-state index contributed by atoms with van der Waals surface area (Å²) in [6.07, 6.45) is 7.18. The van der Waals surface area contributed by atoms with Gasteiger partial charge < -0.3 is 9.32 Å². The molecular formula is C13H15N3O2. The first-order valence-electron chi connectivity index (χ1n) is 6.16. The van der Waals surface area contributed by atoms with Crippen molar-refractivity contribution in [1.82, 2.24) is 14.7 Å². The van der Waals surface area contributed by atoms with E-state index in [1.807, 2.05) is 21.8 Å². The number of aromatic nitrogens is 2. The van der Waals surface area contributed by atoms with Crippen molar-refractivity contribution in [3.8, 4) is 0 Å². The molecule has 0 radical (unpaired) electrons. The maximum atomic E-state index is 12.1. The fourth-order valence-corrected chi connectivity index (χ4v) is 2.39. The van der Waals surface area contributed by atoms with Gasteiger partial charge in [-0.15, -0.1) is 0 Å². The molecule has 5 heteroatoms. The van der Waals surface area contributed by atoms with Crippen molar-refractivity contribution in [3.63, 3.8) is 0 Å². The molecule has 1 fully saturated rings. The van der Waals surface area contributed by atoms with Crippen molar-refractivity contribution in [2.24, 2.45) is 0 Å². The lowest BCUT2D eigenvalue weighted by molar-refractivity contribution is 0.0658. The van der Waals surface area contributed by atoms with Crippen molar-refractivity contribution in [2.75, 3.05) is 13.1 Å². The number of hydrogen-bond donors (Lipinski definition) is 0. The van der Waals surface area contributed by atoms with Gasteiger partial charge in [-0.2, -0.15) is 5.10 Å². The van der Waals surface area contributed by atoms with Crippen LogP contribution in [0.25, 0.3) is 0 Å². The molecule has 0 aromatic carbocycles. The largest absolute Gasteiger partial charge is 0.459 e. The SMILES string of the molecule is O=C(c1ccco1)N1CCC(n2cccn2)CC1. The normalized spacial score (nSPS) is 17.0. The van der Waals surface area contributed by atoms with E-state index in [1.54, 1.807) is 18.3 Å². The minimum Gasteiger partial charge on any atom is -0.459 e. The molecule has 2 aromatic heterocycles. The van der Waals surface area contributed by atoms with Crippen molar-refractivity contribution in [1.29, 1.82) is 0 Å². The summed E-state index contributed by atoms with van der Waals surface area (Å²) in [5.74, 6) is 0.409. The maximum absolute atomic E-state index is 12.1. The summed E-state index contributed by atoms with van der Waals surface area (Å²) in [5, 5.41) is 4.25. The minimum absolute atomic E-state index is 0.0149. The highest BCUT2D eigenvalue weighted by molar-refractivity contribution is 5.91. The molecule has 1 aliphatic rings. The molecule has 3 heterocycles. The monoisotopic (exact) mass is 245 g/mol. The van der Waals surface area contributed by atoms with Gasteiger partial charge in [0.25, 0.3) is 5.91 Å². The van der Waals surface area contributed by atoms with Crippen LogP contribution in [0.15, 0.2) is 41.3 Å². The third kappa shape index (κ3) is 2.03. The van der Waals surface area contributed by atoms with Crippen LogP contribution >= 0.6 is 0 Å². The summed E-state index contributed by atoms with van der Waals surface area (Å²) in [6.45, 7) is 1.51. The second kappa shape index (κ2) is 4.68. The van der Waals surface area contributed by atoms with E-state index in [9.17, 15) is 4.79 Å². The quantitative estimate of drug-likeness (QED) is 0.812. The predicted molar refractivity (Wildman–Crippen MR) is 65.1 cm³/mol. The van der Waals surface area contributed by atoms with Crippen LogP contribution in [0.1, 0.15) is 29.4 Å². The molecule has 0 N–H and O–H groups in total. The molecule has 1 aliphatic heterocycles. The highest BCUT2D eigenvalue weighted by atomic mass is 16.3. The van der Waals surface area contributed by atoms with E-state index in [-0.39, 0.29) is 5.91 Å². The lowest BCUT2D eigenvalue weighted by Gasteiger charge is -2.31. The molecule has 0 saturated carbocycles. The Morgan fingerprint density at radius 3 is 2.78 bits per heavy atom. The van der Waals surface area contributed by atoms with Crippen LogP contribution in [0.4, 0.5) is 0 Å². The van der Waals surface area contributed by atoms with Crippen LogP contribution in [0, 0.1) is 0 Å². The summed E-state index contributed by atoms with van der Waals surface area (Å²) in [5.41, 5.74) is 0. The third-order valence-electron chi connectivity index (χ3n) is 3.38. The topological polar surface area (TPSA) is 51.3 Å². The molecule has 2 aromatic rings. The fraction of sp³-hybridized carbons (Fsp3) is 0.385. The summed E-state index contributed by atoms with van der Waals surface area (Å²) in [4.78, 5) is 13.9. The number of likely N-dealkylation sites (tertiary alicyclic amines) is 1. The number of nitrogens with zero attached hydrogens (tertiary/aromatic N) is 3. The van der Waals surface area contributed by atoms with Gasteiger partial charge in [0, 0.05) is 25.5 Å². The van der Waals surface area contributed by atoms with Crippen LogP contribution < -0.4 is 0 Å². The summed E-state index contributed by atoms with van der Waals surface area (Å²) < 4.78 is 7.12. The Labute approximate surface area is 105 Å². The smallest absolute Gasteiger partial charge is 0.289 e. The van der Waals surface area contributed by atoms with Gasteiger partial charge in [0.15, 0.2) is 5.76 Å². The van der Waals surface area contributed by atoms with Crippen LogP contribution in [0.2, 0.25) is 0 Å². The van der Waals surface area contributed by atoms with E-state index in [1.165, 1.54) is 6.26 Å². The van der Waals surface area contributed by atoms with Gasteiger partial charge >= 0.3 is 0 Å². The van der Waals surface area contributed by atoms with Crippen LogP contribution in [-0.2, 0) is 0 Å². The number of carbonyl (C=O) groups excluding carboxylic acids is 1. The summed E-state index contributed by atoms with van der Waals surface area (Å²) in [6, 6.07) is 5.78. The van der Waals surface area contributed by atoms with Crippen molar-refractivity contribution >= 4 is 5.91 Å². The highest BCUT2D eigenvalue weighted by Crippen LogP contribution is 2.22. The molecular weight excluding hydrogens is 230 g/mol.